The number of unbranched alkanes of at least 4 members (excludes halogenated alkanes) is 2. The van der Waals surface area contributed by atoms with Gasteiger partial charge in [0.15, 0.2) is 0 Å². The van der Waals surface area contributed by atoms with Gasteiger partial charge < -0.3 is 29.0 Å². The van der Waals surface area contributed by atoms with E-state index in [9.17, 15) is 29.1 Å². The van der Waals surface area contributed by atoms with Gasteiger partial charge in [-0.3, -0.25) is 9.13 Å². The van der Waals surface area contributed by atoms with Crippen molar-refractivity contribution in [3.63, 3.8) is 0 Å². The molecule has 23 heavy (non-hydrogen) atoms. The van der Waals surface area contributed by atoms with Crippen molar-refractivity contribution in [3.05, 3.63) is 0 Å². The van der Waals surface area contributed by atoms with Gasteiger partial charge >= 0.3 is 15.2 Å². The maximum atomic E-state index is 11.8. The van der Waals surface area contributed by atoms with Crippen molar-refractivity contribution >= 4 is 15.2 Å². The molecule has 0 aliphatic carbocycles. The zero-order chi connectivity index (χ0) is 18.0. The molecule has 0 spiro atoms. The molecule has 0 radical (unpaired) electrons. The fourth-order valence-electron chi connectivity index (χ4n) is 1.59. The fraction of sp³-hybridized carbons (Fsp3) is 1.00. The highest BCUT2D eigenvalue weighted by Gasteiger charge is 2.35. The van der Waals surface area contributed by atoms with Gasteiger partial charge in [0.05, 0.1) is 31.8 Å². The molecule has 0 saturated carbocycles. The van der Waals surface area contributed by atoms with Gasteiger partial charge in [0.25, 0.3) is 0 Å². The van der Waals surface area contributed by atoms with E-state index in [0.29, 0.717) is 12.8 Å². The lowest BCUT2D eigenvalue weighted by Crippen LogP contribution is -2.39. The summed E-state index contributed by atoms with van der Waals surface area (Å²) in [5.74, 6) is 0. The van der Waals surface area contributed by atoms with Gasteiger partial charge in [-0.1, -0.05) is 26.7 Å². The Balaban J connectivity index is 4.67. The quantitative estimate of drug-likeness (QED) is 0.338. The Labute approximate surface area is 137 Å². The molecular weight excluding hydrogens is 346 g/mol. The van der Waals surface area contributed by atoms with Crippen LogP contribution in [0.15, 0.2) is 0 Å². The maximum absolute atomic E-state index is 11.8. The van der Waals surface area contributed by atoms with E-state index in [1.165, 1.54) is 0 Å². The molecule has 10 heteroatoms. The lowest BCUT2D eigenvalue weighted by molar-refractivity contribution is -0.0228. The van der Waals surface area contributed by atoms with Gasteiger partial charge in [0, 0.05) is 12.3 Å². The van der Waals surface area contributed by atoms with Crippen molar-refractivity contribution in [2.75, 3.05) is 38.8 Å². The van der Waals surface area contributed by atoms with E-state index in [-0.39, 0.29) is 12.3 Å². The number of aliphatic hydroxyl groups is 2. The van der Waals surface area contributed by atoms with E-state index in [0.717, 1.165) is 12.8 Å². The molecule has 0 aliphatic heterocycles. The number of hydrogen-bond donors (Lipinski definition) is 4. The molecule has 2 unspecified atom stereocenters. The van der Waals surface area contributed by atoms with Crippen molar-refractivity contribution in [2.24, 2.45) is 5.41 Å². The highest BCUT2D eigenvalue weighted by atomic mass is 31.2. The molecular formula is C13H30O8P2. The molecule has 0 saturated heterocycles. The zero-order valence-electron chi connectivity index (χ0n) is 13.9. The lowest BCUT2D eigenvalue weighted by Gasteiger charge is -2.30. The van der Waals surface area contributed by atoms with Crippen molar-refractivity contribution in [3.8, 4) is 0 Å². The second-order valence-corrected chi connectivity index (χ2v) is 9.75. The van der Waals surface area contributed by atoms with Crippen molar-refractivity contribution in [1.82, 2.24) is 0 Å². The molecule has 0 bridgehead atoms. The summed E-state index contributed by atoms with van der Waals surface area (Å²) in [6.45, 7) is 1.65. The summed E-state index contributed by atoms with van der Waals surface area (Å²) < 4.78 is 33.6. The average Bonchev–Trinajstić information content (AvgIpc) is 2.52. The molecule has 0 heterocycles. The largest absolute Gasteiger partial charge is 0.396 e. The van der Waals surface area contributed by atoms with E-state index >= 15 is 0 Å². The van der Waals surface area contributed by atoms with Crippen LogP contribution in [0.3, 0.4) is 0 Å². The smallest absolute Gasteiger partial charge is 0.328 e. The van der Waals surface area contributed by atoms with Crippen LogP contribution in [-0.2, 0) is 18.2 Å². The molecule has 0 amide bonds. The third kappa shape index (κ3) is 9.95. The lowest BCUT2D eigenvalue weighted by atomic mass is 9.93. The summed E-state index contributed by atoms with van der Waals surface area (Å²) in [6.07, 6.45) is 2.44. The van der Waals surface area contributed by atoms with Gasteiger partial charge in [-0.15, -0.1) is 0 Å². The van der Waals surface area contributed by atoms with Gasteiger partial charge in [-0.2, -0.15) is 0 Å². The van der Waals surface area contributed by atoms with Crippen LogP contribution in [0.1, 0.15) is 39.5 Å². The Morgan fingerprint density at radius 1 is 0.826 bits per heavy atom. The molecule has 0 rings (SSSR count). The van der Waals surface area contributed by atoms with Crippen molar-refractivity contribution in [1.29, 1.82) is 0 Å². The third-order valence-electron chi connectivity index (χ3n) is 3.40. The normalized spacial score (nSPS) is 17.7. The van der Waals surface area contributed by atoms with Gasteiger partial charge in [0.1, 0.15) is 0 Å². The predicted octanol–water partition coefficient (Wildman–Crippen LogP) is 1.96. The number of rotatable bonds is 14. The average molecular weight is 376 g/mol. The summed E-state index contributed by atoms with van der Waals surface area (Å²) >= 11 is 0. The van der Waals surface area contributed by atoms with E-state index in [2.05, 4.69) is 0 Å². The summed E-state index contributed by atoms with van der Waals surface area (Å²) in [7, 11) is -7.65. The molecule has 0 aromatic heterocycles. The van der Waals surface area contributed by atoms with Crippen molar-refractivity contribution in [2.45, 2.75) is 39.5 Å². The molecule has 0 aliphatic rings. The summed E-state index contributed by atoms with van der Waals surface area (Å²) in [5, 5.41) is 18.9. The maximum Gasteiger partial charge on any atom is 0.328 e. The molecule has 4 N–H and O–H groups in total. The molecule has 140 valence electrons. The first-order valence-electron chi connectivity index (χ1n) is 7.80. The van der Waals surface area contributed by atoms with Crippen LogP contribution in [0.25, 0.3) is 0 Å². The second kappa shape index (κ2) is 11.0. The second-order valence-electron chi connectivity index (χ2n) is 5.79. The fourth-order valence-corrected chi connectivity index (χ4v) is 4.24. The monoisotopic (exact) mass is 376 g/mol. The first kappa shape index (κ1) is 23.2. The van der Waals surface area contributed by atoms with Crippen LogP contribution >= 0.6 is 15.2 Å². The molecule has 0 aromatic rings. The summed E-state index contributed by atoms with van der Waals surface area (Å²) in [5.41, 5.74) is -1.41. The molecule has 0 fully saturated rings. The van der Waals surface area contributed by atoms with Gasteiger partial charge in [-0.05, 0) is 12.8 Å². The third-order valence-corrected chi connectivity index (χ3v) is 6.23. The van der Waals surface area contributed by atoms with Gasteiger partial charge in [-0.25, -0.2) is 0 Å². The van der Waals surface area contributed by atoms with Crippen LogP contribution in [-0.4, -0.2) is 58.8 Å². The highest BCUT2D eigenvalue weighted by Crippen LogP contribution is 2.47. The molecule has 2 atom stereocenters. The minimum atomic E-state index is -3.82. The Morgan fingerprint density at radius 2 is 1.17 bits per heavy atom. The van der Waals surface area contributed by atoms with E-state index in [1.54, 1.807) is 0 Å². The van der Waals surface area contributed by atoms with Crippen molar-refractivity contribution < 1.29 is 38.2 Å². The first-order chi connectivity index (χ1) is 10.7. The Kier molecular flexibility index (Phi) is 11.1. The Morgan fingerprint density at radius 3 is 1.43 bits per heavy atom. The SMILES string of the molecule is CCCCP(=O)(O)OCC(CO)(CO)COP(=O)(O)CCCC. The topological polar surface area (TPSA) is 134 Å². The predicted molar refractivity (Wildman–Crippen MR) is 87.7 cm³/mol. The van der Waals surface area contributed by atoms with Crippen LogP contribution in [0.5, 0.6) is 0 Å². The highest BCUT2D eigenvalue weighted by molar-refractivity contribution is 7.53. The number of hydrogen-bond acceptors (Lipinski definition) is 6. The summed E-state index contributed by atoms with van der Waals surface area (Å²) in [6, 6.07) is 0. The minimum absolute atomic E-state index is 0.0215. The Bertz CT molecular complexity index is 377. The van der Waals surface area contributed by atoms with Crippen LogP contribution in [0.4, 0.5) is 0 Å². The van der Waals surface area contributed by atoms with E-state index < -0.39 is 47.0 Å². The van der Waals surface area contributed by atoms with Gasteiger partial charge in [0.2, 0.25) is 0 Å². The van der Waals surface area contributed by atoms with Crippen LogP contribution < -0.4 is 0 Å². The Hall–Kier alpha value is 0.220. The summed E-state index contributed by atoms with van der Waals surface area (Å²) in [4.78, 5) is 19.3. The molecule has 8 nitrogen and oxygen atoms in total. The van der Waals surface area contributed by atoms with Crippen LogP contribution in [0, 0.1) is 5.41 Å². The van der Waals surface area contributed by atoms with E-state index in [1.807, 2.05) is 13.8 Å². The van der Waals surface area contributed by atoms with Crippen LogP contribution in [0.2, 0.25) is 0 Å². The zero-order valence-corrected chi connectivity index (χ0v) is 15.7. The minimum Gasteiger partial charge on any atom is -0.396 e. The molecule has 0 aromatic carbocycles. The number of aliphatic hydroxyl groups excluding tert-OH is 2. The standard InChI is InChI=1S/C13H30O8P2/c1-3-5-7-22(16,17)20-11-13(9-14,10-15)12-21-23(18,19)8-6-4-2/h14-15H,3-12H2,1-2H3,(H,16,17)(H,18,19). The first-order valence-corrected chi connectivity index (χ1v) is 11.3. The van der Waals surface area contributed by atoms with E-state index in [4.69, 9.17) is 9.05 Å².